The highest BCUT2D eigenvalue weighted by atomic mass is 16.5. The lowest BCUT2D eigenvalue weighted by Gasteiger charge is -2.22. The molecule has 1 rings (SSSR count). The maximum Gasteiger partial charge on any atom is 0.123 e. The first-order chi connectivity index (χ1) is 10.2. The van der Waals surface area contributed by atoms with Crippen molar-refractivity contribution in [3.63, 3.8) is 0 Å². The van der Waals surface area contributed by atoms with Crippen LogP contribution in [0.1, 0.15) is 44.7 Å². The number of ether oxygens (including phenoxy) is 2. The Bertz CT molecular complexity index is 403. The van der Waals surface area contributed by atoms with Crippen molar-refractivity contribution in [1.82, 2.24) is 5.32 Å². The van der Waals surface area contributed by atoms with Crippen molar-refractivity contribution >= 4 is 0 Å². The molecule has 0 saturated carbocycles. The van der Waals surface area contributed by atoms with Gasteiger partial charge in [0.1, 0.15) is 11.5 Å². The second-order valence-electron chi connectivity index (χ2n) is 5.40. The first-order valence-electron chi connectivity index (χ1n) is 7.72. The van der Waals surface area contributed by atoms with Crippen molar-refractivity contribution < 1.29 is 14.6 Å². The van der Waals surface area contributed by atoms with Crippen LogP contribution < -0.4 is 14.8 Å². The van der Waals surface area contributed by atoms with Crippen molar-refractivity contribution in [2.75, 3.05) is 27.4 Å². The minimum atomic E-state index is 0.174. The Labute approximate surface area is 128 Å². The van der Waals surface area contributed by atoms with E-state index >= 15 is 0 Å². The fourth-order valence-corrected chi connectivity index (χ4v) is 2.57. The van der Waals surface area contributed by atoms with Gasteiger partial charge in [-0.05, 0) is 50.4 Å². The van der Waals surface area contributed by atoms with Gasteiger partial charge < -0.3 is 19.9 Å². The second kappa shape index (κ2) is 9.64. The number of rotatable bonds is 10. The number of aliphatic hydroxyl groups is 1. The van der Waals surface area contributed by atoms with E-state index in [2.05, 4.69) is 19.2 Å². The summed E-state index contributed by atoms with van der Waals surface area (Å²) in [6, 6.07) is 6.02. The van der Waals surface area contributed by atoms with Gasteiger partial charge in [0.25, 0.3) is 0 Å². The topological polar surface area (TPSA) is 50.7 Å². The third-order valence-electron chi connectivity index (χ3n) is 3.85. The zero-order valence-corrected chi connectivity index (χ0v) is 13.7. The van der Waals surface area contributed by atoms with Crippen LogP contribution in [0.2, 0.25) is 0 Å². The average Bonchev–Trinajstić information content (AvgIpc) is 2.52. The highest BCUT2D eigenvalue weighted by Crippen LogP contribution is 2.29. The molecule has 4 nitrogen and oxygen atoms in total. The van der Waals surface area contributed by atoms with Gasteiger partial charge in [-0.15, -0.1) is 0 Å². The number of hydrogen-bond acceptors (Lipinski definition) is 4. The molecule has 0 saturated heterocycles. The van der Waals surface area contributed by atoms with E-state index in [0.29, 0.717) is 5.92 Å². The molecule has 120 valence electrons. The number of hydrogen-bond donors (Lipinski definition) is 2. The van der Waals surface area contributed by atoms with Crippen molar-refractivity contribution in [3.8, 4) is 11.5 Å². The van der Waals surface area contributed by atoms with Crippen molar-refractivity contribution in [3.05, 3.63) is 23.8 Å². The third kappa shape index (κ3) is 5.56. The Balaban J connectivity index is 2.71. The summed E-state index contributed by atoms with van der Waals surface area (Å²) in [5.41, 5.74) is 1.09. The van der Waals surface area contributed by atoms with E-state index in [1.54, 1.807) is 14.2 Å². The van der Waals surface area contributed by atoms with Gasteiger partial charge in [-0.1, -0.05) is 13.3 Å². The van der Waals surface area contributed by atoms with E-state index in [9.17, 15) is 0 Å². The molecule has 0 radical (unpaired) electrons. The molecule has 1 aromatic carbocycles. The van der Waals surface area contributed by atoms with Gasteiger partial charge in [-0.25, -0.2) is 0 Å². The quantitative estimate of drug-likeness (QED) is 0.696. The molecular weight excluding hydrogens is 266 g/mol. The van der Waals surface area contributed by atoms with E-state index < -0.39 is 0 Å². The zero-order chi connectivity index (χ0) is 15.7. The van der Waals surface area contributed by atoms with E-state index in [1.165, 1.54) is 0 Å². The summed E-state index contributed by atoms with van der Waals surface area (Å²) < 4.78 is 10.7. The van der Waals surface area contributed by atoms with Crippen LogP contribution in [-0.4, -0.2) is 32.5 Å². The molecule has 0 fully saturated rings. The summed E-state index contributed by atoms with van der Waals surface area (Å²) in [6.07, 6.45) is 3.13. The molecule has 4 heteroatoms. The first kappa shape index (κ1) is 17.8. The molecule has 0 aliphatic rings. The molecule has 2 N–H and O–H groups in total. The summed E-state index contributed by atoms with van der Waals surface area (Å²) in [7, 11) is 3.35. The van der Waals surface area contributed by atoms with Crippen molar-refractivity contribution in [1.29, 1.82) is 0 Å². The monoisotopic (exact) mass is 295 g/mol. The maximum atomic E-state index is 9.13. The van der Waals surface area contributed by atoms with Crippen LogP contribution in [0, 0.1) is 5.92 Å². The Morgan fingerprint density at radius 2 is 1.95 bits per heavy atom. The molecule has 0 heterocycles. The Morgan fingerprint density at radius 3 is 2.52 bits per heavy atom. The first-order valence-corrected chi connectivity index (χ1v) is 7.72. The largest absolute Gasteiger partial charge is 0.497 e. The molecule has 0 aliphatic heterocycles. The van der Waals surface area contributed by atoms with Gasteiger partial charge in [-0.3, -0.25) is 0 Å². The Hall–Kier alpha value is -1.26. The fraction of sp³-hybridized carbons (Fsp3) is 0.647. The predicted molar refractivity (Wildman–Crippen MR) is 86.1 cm³/mol. The summed E-state index contributed by atoms with van der Waals surface area (Å²) in [6.45, 7) is 5.46. The van der Waals surface area contributed by atoms with Crippen molar-refractivity contribution in [2.45, 2.75) is 39.2 Å². The van der Waals surface area contributed by atoms with Crippen LogP contribution in [0.3, 0.4) is 0 Å². The van der Waals surface area contributed by atoms with Gasteiger partial charge in [-0.2, -0.15) is 0 Å². The average molecular weight is 295 g/mol. The zero-order valence-electron chi connectivity index (χ0n) is 13.7. The van der Waals surface area contributed by atoms with Gasteiger partial charge in [0, 0.05) is 18.2 Å². The highest BCUT2D eigenvalue weighted by Gasteiger charge is 2.14. The Morgan fingerprint density at radius 1 is 1.19 bits per heavy atom. The lowest BCUT2D eigenvalue weighted by molar-refractivity contribution is 0.245. The Kier molecular flexibility index (Phi) is 8.16. The molecule has 0 aliphatic carbocycles. The van der Waals surface area contributed by atoms with Gasteiger partial charge in [0.05, 0.1) is 14.2 Å². The molecular formula is C17H29NO3. The number of methoxy groups -OCH3 is 2. The van der Waals surface area contributed by atoms with Crippen LogP contribution in [0.15, 0.2) is 18.2 Å². The molecule has 21 heavy (non-hydrogen) atoms. The molecule has 2 atom stereocenters. The number of nitrogens with one attached hydrogen (secondary N) is 1. The summed E-state index contributed by atoms with van der Waals surface area (Å²) in [5.74, 6) is 2.21. The lowest BCUT2D eigenvalue weighted by Crippen LogP contribution is -2.26. The molecule has 1 aromatic rings. The smallest absolute Gasteiger partial charge is 0.123 e. The minimum absolute atomic E-state index is 0.174. The number of aliphatic hydroxyl groups excluding tert-OH is 1. The molecule has 2 unspecified atom stereocenters. The van der Waals surface area contributed by atoms with Crippen LogP contribution in [0.25, 0.3) is 0 Å². The van der Waals surface area contributed by atoms with Gasteiger partial charge in [0.15, 0.2) is 0 Å². The van der Waals surface area contributed by atoms with Crippen LogP contribution in [-0.2, 0) is 0 Å². The van der Waals surface area contributed by atoms with E-state index in [0.717, 1.165) is 42.9 Å². The van der Waals surface area contributed by atoms with Crippen LogP contribution in [0.5, 0.6) is 11.5 Å². The molecule has 0 bridgehead atoms. The predicted octanol–water partition coefficient (Wildman–Crippen LogP) is 3.15. The molecule has 0 aromatic heterocycles. The van der Waals surface area contributed by atoms with Crippen LogP contribution >= 0.6 is 0 Å². The standard InChI is InChI=1S/C17H29NO3/c1-5-6-14(9-10-19)12-18-13(2)16-11-15(20-3)7-8-17(16)21-4/h7-8,11,13-14,18-19H,5-6,9-10,12H2,1-4H3. The minimum Gasteiger partial charge on any atom is -0.497 e. The summed E-state index contributed by atoms with van der Waals surface area (Å²) in [4.78, 5) is 0. The molecule has 0 spiro atoms. The molecule has 0 amide bonds. The summed E-state index contributed by atoms with van der Waals surface area (Å²) in [5, 5.41) is 12.7. The van der Waals surface area contributed by atoms with E-state index in [4.69, 9.17) is 14.6 Å². The number of benzene rings is 1. The van der Waals surface area contributed by atoms with E-state index in [1.807, 2.05) is 18.2 Å². The lowest BCUT2D eigenvalue weighted by atomic mass is 9.99. The van der Waals surface area contributed by atoms with Gasteiger partial charge >= 0.3 is 0 Å². The fourth-order valence-electron chi connectivity index (χ4n) is 2.57. The normalized spacial score (nSPS) is 13.8. The highest BCUT2D eigenvalue weighted by molar-refractivity contribution is 5.42. The second-order valence-corrected chi connectivity index (χ2v) is 5.40. The van der Waals surface area contributed by atoms with Gasteiger partial charge in [0.2, 0.25) is 0 Å². The van der Waals surface area contributed by atoms with Crippen molar-refractivity contribution in [2.24, 2.45) is 5.92 Å². The SMILES string of the molecule is CCCC(CCO)CNC(C)c1cc(OC)ccc1OC. The van der Waals surface area contributed by atoms with Crippen LogP contribution in [0.4, 0.5) is 0 Å². The maximum absolute atomic E-state index is 9.13. The summed E-state index contributed by atoms with van der Waals surface area (Å²) >= 11 is 0. The third-order valence-corrected chi connectivity index (χ3v) is 3.85. The van der Waals surface area contributed by atoms with E-state index in [-0.39, 0.29) is 12.6 Å².